The van der Waals surface area contributed by atoms with E-state index in [2.05, 4.69) is 11.9 Å². The number of piperidine rings is 1. The minimum atomic E-state index is -0.537. The van der Waals surface area contributed by atoms with E-state index >= 15 is 0 Å². The van der Waals surface area contributed by atoms with Crippen molar-refractivity contribution in [3.63, 3.8) is 0 Å². The predicted octanol–water partition coefficient (Wildman–Crippen LogP) is 5.99. The van der Waals surface area contributed by atoms with E-state index in [9.17, 15) is 9.59 Å². The van der Waals surface area contributed by atoms with E-state index in [0.29, 0.717) is 39.3 Å². The van der Waals surface area contributed by atoms with Crippen LogP contribution in [0.4, 0.5) is 0 Å². The molecule has 1 aromatic heterocycles. The van der Waals surface area contributed by atoms with E-state index < -0.39 is 5.63 Å². The molecule has 7 heteroatoms. The van der Waals surface area contributed by atoms with Gasteiger partial charge in [0.15, 0.2) is 17.3 Å². The number of hydrogen-bond donors (Lipinski definition) is 0. The molecule has 0 saturated carbocycles. The van der Waals surface area contributed by atoms with Gasteiger partial charge in [-0.2, -0.15) is 0 Å². The minimum absolute atomic E-state index is 0.0293. The molecule has 0 amide bonds. The third-order valence-electron chi connectivity index (χ3n) is 7.53. The minimum Gasteiger partial charge on any atom is -0.496 e. The Morgan fingerprint density at radius 1 is 1.02 bits per heavy atom. The van der Waals surface area contributed by atoms with Gasteiger partial charge in [-0.15, -0.1) is 0 Å². The lowest BCUT2D eigenvalue weighted by atomic mass is 9.96. The number of ether oxygens (including phenoxy) is 3. The lowest BCUT2D eigenvalue weighted by Gasteiger charge is -2.31. The maximum atomic E-state index is 13.4. The number of carbonyl (C=O) groups excluding carboxylic acids is 1. The number of Topliss-reactive ketones (excluding diaryl/α,β-unsaturated/α-hetero) is 1. The van der Waals surface area contributed by atoms with Crippen molar-refractivity contribution in [2.24, 2.45) is 0 Å². The summed E-state index contributed by atoms with van der Waals surface area (Å²) in [5.41, 5.74) is 4.26. The second-order valence-electron chi connectivity index (χ2n) is 10.5. The van der Waals surface area contributed by atoms with Crippen molar-refractivity contribution in [1.29, 1.82) is 0 Å². The summed E-state index contributed by atoms with van der Waals surface area (Å²) in [5, 5.41) is 0.681. The highest BCUT2D eigenvalue weighted by Gasteiger charge is 2.24. The number of fused-ring (bicyclic) bond motifs is 1. The molecule has 0 radical (unpaired) electrons. The summed E-state index contributed by atoms with van der Waals surface area (Å²) < 4.78 is 23.4. The molecule has 5 rings (SSSR count). The molecule has 1 saturated heterocycles. The summed E-state index contributed by atoms with van der Waals surface area (Å²) in [6, 6.07) is 16.9. The van der Waals surface area contributed by atoms with Crippen LogP contribution in [-0.4, -0.2) is 51.1 Å². The number of rotatable bonds is 8. The van der Waals surface area contributed by atoms with Gasteiger partial charge in [-0.1, -0.05) is 29.8 Å². The highest BCUT2D eigenvalue weighted by Crippen LogP contribution is 2.38. The number of likely N-dealkylation sites (tertiary alicyclic amines) is 1. The van der Waals surface area contributed by atoms with Gasteiger partial charge in [0.2, 0.25) is 0 Å². The molecule has 4 aromatic rings. The van der Waals surface area contributed by atoms with Crippen LogP contribution >= 0.6 is 0 Å². The number of benzene rings is 3. The molecule has 1 fully saturated rings. The Morgan fingerprint density at radius 3 is 2.55 bits per heavy atom. The van der Waals surface area contributed by atoms with Gasteiger partial charge in [0.25, 0.3) is 0 Å². The van der Waals surface area contributed by atoms with Gasteiger partial charge >= 0.3 is 5.63 Å². The number of methoxy groups -OCH3 is 2. The average Bonchev–Trinajstić information content (AvgIpc) is 2.95. The Morgan fingerprint density at radius 2 is 1.82 bits per heavy atom. The number of aryl methyl sites for hydroxylation is 2. The van der Waals surface area contributed by atoms with Gasteiger partial charge in [0.05, 0.1) is 14.2 Å². The average molecular weight is 542 g/mol. The van der Waals surface area contributed by atoms with Crippen molar-refractivity contribution < 1.29 is 23.4 Å². The van der Waals surface area contributed by atoms with E-state index in [1.54, 1.807) is 32.4 Å². The molecule has 1 atom stereocenters. The van der Waals surface area contributed by atoms with Crippen LogP contribution in [0, 0.1) is 13.8 Å². The lowest BCUT2D eigenvalue weighted by molar-refractivity contribution is 0.0990. The quantitative estimate of drug-likeness (QED) is 0.200. The number of carbonyl (C=O) groups is 1. The van der Waals surface area contributed by atoms with E-state index in [4.69, 9.17) is 18.6 Å². The molecule has 7 nitrogen and oxygen atoms in total. The maximum Gasteiger partial charge on any atom is 0.339 e. The van der Waals surface area contributed by atoms with Gasteiger partial charge in [0, 0.05) is 40.6 Å². The molecule has 0 bridgehead atoms. The van der Waals surface area contributed by atoms with Gasteiger partial charge in [-0.25, -0.2) is 4.79 Å². The van der Waals surface area contributed by atoms with Crippen LogP contribution in [-0.2, 0) is 6.42 Å². The van der Waals surface area contributed by atoms with Crippen LogP contribution < -0.4 is 19.8 Å². The van der Waals surface area contributed by atoms with Gasteiger partial charge in [-0.3, -0.25) is 4.79 Å². The topological polar surface area (TPSA) is 78.2 Å². The molecule has 2 heterocycles. The molecule has 0 aliphatic carbocycles. The van der Waals surface area contributed by atoms with Crippen molar-refractivity contribution in [1.82, 2.24) is 4.90 Å². The Balaban J connectivity index is 1.46. The predicted molar refractivity (Wildman–Crippen MR) is 156 cm³/mol. The molecular formula is C33H35NO6. The summed E-state index contributed by atoms with van der Waals surface area (Å²) in [6.07, 6.45) is 1.95. The van der Waals surface area contributed by atoms with Crippen LogP contribution in [0.1, 0.15) is 39.9 Å². The first-order valence-electron chi connectivity index (χ1n) is 13.5. The maximum absolute atomic E-state index is 13.4. The molecule has 0 spiro atoms. The van der Waals surface area contributed by atoms with Gasteiger partial charge < -0.3 is 23.5 Å². The smallest absolute Gasteiger partial charge is 0.339 e. The number of hydrogen-bond acceptors (Lipinski definition) is 7. The summed E-state index contributed by atoms with van der Waals surface area (Å²) >= 11 is 0. The van der Waals surface area contributed by atoms with E-state index in [1.807, 2.05) is 50.2 Å². The van der Waals surface area contributed by atoms with Crippen LogP contribution in [0.15, 0.2) is 63.8 Å². The zero-order chi connectivity index (χ0) is 28.4. The van der Waals surface area contributed by atoms with Crippen LogP contribution in [0.3, 0.4) is 0 Å². The Bertz CT molecular complexity index is 1620. The number of ketones is 1. The summed E-state index contributed by atoms with van der Waals surface area (Å²) in [5.74, 6) is 1.65. The molecule has 1 aliphatic rings. The van der Waals surface area contributed by atoms with Crippen molar-refractivity contribution in [3.05, 3.63) is 87.3 Å². The highest BCUT2D eigenvalue weighted by atomic mass is 16.5. The number of nitrogens with zero attached hydrogens (tertiary/aromatic N) is 1. The number of likely N-dealkylation sites (N-methyl/N-ethyl adjacent to an activating group) is 1. The normalized spacial score (nSPS) is 15.7. The van der Waals surface area contributed by atoms with Crippen LogP contribution in [0.25, 0.3) is 22.1 Å². The standard InChI is InChI=1S/C33H35NO6/c1-20-8-6-9-22(14-20)27-16-23(11-12-29(27)37-4)28(35)17-25-15-24-18-30(38-5)32(21(2)31(24)40-33(25)36)39-26-10-7-13-34(3)19-26/h6,8-9,11-12,14-16,18,26H,7,10,13,17,19H2,1-5H3. The zero-order valence-electron chi connectivity index (χ0n) is 23.7. The second kappa shape index (κ2) is 11.6. The highest BCUT2D eigenvalue weighted by molar-refractivity contribution is 5.99. The first-order chi connectivity index (χ1) is 19.3. The second-order valence-corrected chi connectivity index (χ2v) is 10.5. The van der Waals surface area contributed by atoms with E-state index in [0.717, 1.165) is 42.6 Å². The fourth-order valence-electron chi connectivity index (χ4n) is 5.42. The van der Waals surface area contributed by atoms with E-state index in [1.165, 1.54) is 0 Å². The van der Waals surface area contributed by atoms with Crippen molar-refractivity contribution in [3.8, 4) is 28.4 Å². The lowest BCUT2D eigenvalue weighted by Crippen LogP contribution is -2.38. The van der Waals surface area contributed by atoms with Gasteiger partial charge in [0.1, 0.15) is 17.4 Å². The summed E-state index contributed by atoms with van der Waals surface area (Å²) in [7, 11) is 5.29. The monoisotopic (exact) mass is 541 g/mol. The zero-order valence-corrected chi connectivity index (χ0v) is 23.7. The summed E-state index contributed by atoms with van der Waals surface area (Å²) in [6.45, 7) is 5.76. The van der Waals surface area contributed by atoms with Crippen LogP contribution in [0.5, 0.6) is 17.2 Å². The SMILES string of the molecule is COc1ccc(C(=O)Cc2cc3cc(OC)c(OC4CCCN(C)C4)c(C)c3oc2=O)cc1-c1cccc(C)c1. The molecular weight excluding hydrogens is 506 g/mol. The Hall–Kier alpha value is -4.10. The van der Waals surface area contributed by atoms with E-state index in [-0.39, 0.29) is 23.9 Å². The largest absolute Gasteiger partial charge is 0.496 e. The Labute approximate surface area is 234 Å². The third kappa shape index (κ3) is 5.61. The van der Waals surface area contributed by atoms with Crippen molar-refractivity contribution in [2.45, 2.75) is 39.2 Å². The molecule has 40 heavy (non-hydrogen) atoms. The fraction of sp³-hybridized carbons (Fsp3) is 0.333. The summed E-state index contributed by atoms with van der Waals surface area (Å²) in [4.78, 5) is 28.7. The molecule has 208 valence electrons. The molecule has 3 aromatic carbocycles. The molecule has 0 N–H and O–H groups in total. The van der Waals surface area contributed by atoms with Crippen molar-refractivity contribution in [2.75, 3.05) is 34.4 Å². The Kier molecular flexibility index (Phi) is 7.94. The van der Waals surface area contributed by atoms with Crippen LogP contribution in [0.2, 0.25) is 0 Å². The van der Waals surface area contributed by atoms with Crippen molar-refractivity contribution >= 4 is 16.8 Å². The first kappa shape index (κ1) is 27.5. The molecule has 1 aliphatic heterocycles. The van der Waals surface area contributed by atoms with Gasteiger partial charge in [-0.05, 0) is 76.2 Å². The fourth-order valence-corrected chi connectivity index (χ4v) is 5.42. The first-order valence-corrected chi connectivity index (χ1v) is 13.5. The molecule has 1 unspecified atom stereocenters. The third-order valence-corrected chi connectivity index (χ3v) is 7.53.